The number of halogens is 1. The quantitative estimate of drug-likeness (QED) is 0.198. The third-order valence-corrected chi connectivity index (χ3v) is 4.58. The van der Waals surface area contributed by atoms with Crippen molar-refractivity contribution in [1.29, 1.82) is 0 Å². The molecule has 1 heterocycles. The Hall–Kier alpha value is -1.59. The lowest BCUT2D eigenvalue weighted by molar-refractivity contribution is 0.0220. The lowest BCUT2D eigenvalue weighted by Crippen LogP contribution is -2.45. The Bertz CT molecular complexity index is 621. The first-order valence-corrected chi connectivity index (χ1v) is 9.90. The molecule has 0 aromatic heterocycles. The number of guanidine groups is 1. The molecule has 0 aliphatic carbocycles. The van der Waals surface area contributed by atoms with Crippen LogP contribution in [0.1, 0.15) is 24.2 Å². The molecule has 1 aromatic rings. The molecular formula is C20H34IN5O3. The molecular weight excluding hydrogens is 485 g/mol. The monoisotopic (exact) mass is 519 g/mol. The minimum atomic E-state index is -0.104. The molecule has 1 aromatic carbocycles. The van der Waals surface area contributed by atoms with E-state index in [-0.39, 0.29) is 29.9 Å². The van der Waals surface area contributed by atoms with Crippen molar-refractivity contribution in [1.82, 2.24) is 20.9 Å². The summed E-state index contributed by atoms with van der Waals surface area (Å²) < 4.78 is 10.5. The number of nitrogens with zero attached hydrogens (tertiary/aromatic N) is 2. The smallest absolute Gasteiger partial charge is 0.251 e. The van der Waals surface area contributed by atoms with Crippen LogP contribution in [-0.4, -0.2) is 82.4 Å². The van der Waals surface area contributed by atoms with Crippen molar-refractivity contribution >= 4 is 35.8 Å². The summed E-state index contributed by atoms with van der Waals surface area (Å²) in [4.78, 5) is 19.2. The highest BCUT2D eigenvalue weighted by molar-refractivity contribution is 14.0. The van der Waals surface area contributed by atoms with Crippen LogP contribution in [0.5, 0.6) is 5.75 Å². The molecule has 3 N–H and O–H groups in total. The molecule has 1 unspecified atom stereocenters. The summed E-state index contributed by atoms with van der Waals surface area (Å²) in [5.74, 6) is 1.39. The first-order valence-electron chi connectivity index (χ1n) is 9.90. The Kier molecular flexibility index (Phi) is 12.6. The van der Waals surface area contributed by atoms with Gasteiger partial charge >= 0.3 is 0 Å². The number of methoxy groups -OCH3 is 1. The van der Waals surface area contributed by atoms with Crippen molar-refractivity contribution in [3.05, 3.63) is 29.8 Å². The van der Waals surface area contributed by atoms with E-state index in [1.807, 2.05) is 6.92 Å². The van der Waals surface area contributed by atoms with Gasteiger partial charge in [0.25, 0.3) is 5.91 Å². The molecule has 1 amide bonds. The van der Waals surface area contributed by atoms with E-state index in [4.69, 9.17) is 9.47 Å². The number of rotatable bonds is 9. The number of carbonyl (C=O) groups is 1. The molecule has 0 saturated carbocycles. The fourth-order valence-corrected chi connectivity index (χ4v) is 2.90. The number of ether oxygens (including phenoxy) is 2. The molecule has 0 bridgehead atoms. The van der Waals surface area contributed by atoms with Crippen LogP contribution in [0.3, 0.4) is 0 Å². The first-order chi connectivity index (χ1) is 13.6. The summed E-state index contributed by atoms with van der Waals surface area (Å²) >= 11 is 0. The summed E-state index contributed by atoms with van der Waals surface area (Å²) in [6, 6.07) is 7.42. The van der Waals surface area contributed by atoms with Gasteiger partial charge in [-0.05, 0) is 38.1 Å². The molecule has 1 aliphatic heterocycles. The lowest BCUT2D eigenvalue weighted by Gasteiger charge is -2.31. The maximum atomic E-state index is 12.2. The Morgan fingerprint density at radius 3 is 2.45 bits per heavy atom. The third kappa shape index (κ3) is 9.18. The summed E-state index contributed by atoms with van der Waals surface area (Å²) in [5, 5.41) is 9.41. The summed E-state index contributed by atoms with van der Waals surface area (Å²) in [5.41, 5.74) is 0.612. The van der Waals surface area contributed by atoms with Crippen molar-refractivity contribution in [2.45, 2.75) is 19.9 Å². The Labute approximate surface area is 190 Å². The van der Waals surface area contributed by atoms with Gasteiger partial charge in [0.2, 0.25) is 0 Å². The summed E-state index contributed by atoms with van der Waals surface area (Å²) in [6.45, 7) is 10.3. The lowest BCUT2D eigenvalue weighted by atomic mass is 10.2. The van der Waals surface area contributed by atoms with Crippen molar-refractivity contribution in [3.8, 4) is 5.75 Å². The predicted octanol–water partition coefficient (Wildman–Crippen LogP) is 1.32. The highest BCUT2D eigenvalue weighted by atomic mass is 127. The van der Waals surface area contributed by atoms with E-state index < -0.39 is 0 Å². The van der Waals surface area contributed by atoms with Gasteiger partial charge in [-0.15, -0.1) is 24.0 Å². The molecule has 1 aliphatic rings. The van der Waals surface area contributed by atoms with Gasteiger partial charge in [-0.2, -0.15) is 0 Å². The summed E-state index contributed by atoms with van der Waals surface area (Å²) in [6.07, 6.45) is 0. The van der Waals surface area contributed by atoms with E-state index in [0.29, 0.717) is 31.2 Å². The summed E-state index contributed by atoms with van der Waals surface area (Å²) in [7, 11) is 1.60. The van der Waals surface area contributed by atoms with Crippen LogP contribution in [0.2, 0.25) is 0 Å². The minimum absolute atomic E-state index is 0. The first kappa shape index (κ1) is 25.4. The maximum Gasteiger partial charge on any atom is 0.251 e. The number of benzene rings is 1. The number of morpholine rings is 1. The van der Waals surface area contributed by atoms with Crippen LogP contribution in [0.25, 0.3) is 0 Å². The van der Waals surface area contributed by atoms with Gasteiger partial charge in [-0.3, -0.25) is 14.7 Å². The van der Waals surface area contributed by atoms with E-state index in [9.17, 15) is 4.79 Å². The van der Waals surface area contributed by atoms with Crippen molar-refractivity contribution in [3.63, 3.8) is 0 Å². The van der Waals surface area contributed by atoms with Gasteiger partial charge in [0.15, 0.2) is 5.96 Å². The Morgan fingerprint density at radius 2 is 1.83 bits per heavy atom. The molecule has 8 nitrogen and oxygen atoms in total. The minimum Gasteiger partial charge on any atom is -0.497 e. The number of nitrogens with one attached hydrogen (secondary N) is 3. The number of hydrogen-bond acceptors (Lipinski definition) is 5. The number of amides is 1. The zero-order valence-corrected chi connectivity index (χ0v) is 19.9. The van der Waals surface area contributed by atoms with Gasteiger partial charge < -0.3 is 25.4 Å². The van der Waals surface area contributed by atoms with Gasteiger partial charge in [0, 0.05) is 44.3 Å². The second-order valence-electron chi connectivity index (χ2n) is 6.63. The van der Waals surface area contributed by atoms with Gasteiger partial charge in [-0.1, -0.05) is 0 Å². The maximum absolute atomic E-state index is 12.2. The zero-order chi connectivity index (χ0) is 20.2. The molecule has 9 heteroatoms. The van der Waals surface area contributed by atoms with E-state index in [1.54, 1.807) is 31.4 Å². The van der Waals surface area contributed by atoms with E-state index >= 15 is 0 Å². The van der Waals surface area contributed by atoms with Gasteiger partial charge in [-0.25, -0.2) is 0 Å². The molecule has 1 atom stereocenters. The van der Waals surface area contributed by atoms with Crippen molar-refractivity contribution in [2.75, 3.05) is 59.6 Å². The van der Waals surface area contributed by atoms with Crippen LogP contribution >= 0.6 is 24.0 Å². The molecule has 0 radical (unpaired) electrons. The molecule has 2 rings (SSSR count). The predicted molar refractivity (Wildman–Crippen MR) is 127 cm³/mol. The fraction of sp³-hybridized carbons (Fsp3) is 0.600. The van der Waals surface area contributed by atoms with Gasteiger partial charge in [0.05, 0.1) is 26.9 Å². The SMILES string of the molecule is CCNC(=NCC(C)N1CCOCC1)NCCNC(=O)c1ccc(OC)cc1.I. The van der Waals surface area contributed by atoms with Crippen LogP contribution in [0, 0.1) is 0 Å². The third-order valence-electron chi connectivity index (χ3n) is 4.58. The molecule has 0 spiro atoms. The van der Waals surface area contributed by atoms with Crippen molar-refractivity contribution < 1.29 is 14.3 Å². The largest absolute Gasteiger partial charge is 0.497 e. The molecule has 1 saturated heterocycles. The highest BCUT2D eigenvalue weighted by Crippen LogP contribution is 2.10. The number of hydrogen-bond donors (Lipinski definition) is 3. The van der Waals surface area contributed by atoms with Crippen LogP contribution < -0.4 is 20.7 Å². The zero-order valence-electron chi connectivity index (χ0n) is 17.6. The Balaban J connectivity index is 0.00000420. The van der Waals surface area contributed by atoms with Crippen LogP contribution in [0.4, 0.5) is 0 Å². The topological polar surface area (TPSA) is 87.2 Å². The van der Waals surface area contributed by atoms with E-state index in [2.05, 4.69) is 32.8 Å². The standard InChI is InChI=1S/C20H33N5O3.HI/c1-4-21-20(24-15-16(2)25-11-13-28-14-12-25)23-10-9-22-19(26)17-5-7-18(27-3)8-6-17;/h5-8,16H,4,9-15H2,1-3H3,(H,22,26)(H2,21,23,24);1H. The van der Waals surface area contributed by atoms with E-state index in [1.165, 1.54) is 0 Å². The second kappa shape index (κ2) is 14.4. The van der Waals surface area contributed by atoms with E-state index in [0.717, 1.165) is 44.6 Å². The average molecular weight is 519 g/mol. The molecule has 164 valence electrons. The average Bonchev–Trinajstić information content (AvgIpc) is 2.75. The highest BCUT2D eigenvalue weighted by Gasteiger charge is 2.16. The fourth-order valence-electron chi connectivity index (χ4n) is 2.90. The van der Waals surface area contributed by atoms with Gasteiger partial charge in [0.1, 0.15) is 5.75 Å². The van der Waals surface area contributed by atoms with Crippen molar-refractivity contribution in [2.24, 2.45) is 4.99 Å². The number of aliphatic imine (C=N–C) groups is 1. The van der Waals surface area contributed by atoms with Crippen LogP contribution in [0.15, 0.2) is 29.3 Å². The second-order valence-corrected chi connectivity index (χ2v) is 6.63. The molecule has 1 fully saturated rings. The number of carbonyl (C=O) groups excluding carboxylic acids is 1. The molecule has 29 heavy (non-hydrogen) atoms. The normalized spacial score (nSPS) is 15.8. The Morgan fingerprint density at radius 1 is 1.17 bits per heavy atom. The van der Waals surface area contributed by atoms with Crippen LogP contribution in [-0.2, 0) is 4.74 Å².